The Labute approximate surface area is 139 Å². The summed E-state index contributed by atoms with van der Waals surface area (Å²) in [5.74, 6) is -1.06. The van der Waals surface area contributed by atoms with E-state index in [2.05, 4.69) is 0 Å². The predicted molar refractivity (Wildman–Crippen MR) is 86.4 cm³/mol. The summed E-state index contributed by atoms with van der Waals surface area (Å²) in [5, 5.41) is -1.60. The van der Waals surface area contributed by atoms with E-state index in [0.29, 0.717) is 19.8 Å². The minimum Gasteiger partial charge on any atom is -0.374 e. The molecule has 1 unspecified atom stereocenters. The first-order valence-electron chi connectivity index (χ1n) is 7.33. The van der Waals surface area contributed by atoms with Gasteiger partial charge in [0.1, 0.15) is 5.25 Å². The Morgan fingerprint density at radius 3 is 1.65 bits per heavy atom. The monoisotopic (exact) mass is 394 g/mol. The Bertz CT molecular complexity index is 515. The third-order valence-corrected chi connectivity index (χ3v) is 8.35. The molecule has 23 heavy (non-hydrogen) atoms. The van der Waals surface area contributed by atoms with Crippen LogP contribution >= 0.6 is 0 Å². The summed E-state index contributed by atoms with van der Waals surface area (Å²) < 4.78 is 78.9. The van der Waals surface area contributed by atoms with Crippen LogP contribution in [0.15, 0.2) is 0 Å². The fraction of sp³-hybridized carbons (Fsp3) is 1.00. The van der Waals surface area contributed by atoms with Crippen molar-refractivity contribution in [2.45, 2.75) is 44.9 Å². The molecule has 140 valence electrons. The van der Waals surface area contributed by atoms with Crippen molar-refractivity contribution in [3.05, 3.63) is 0 Å². The van der Waals surface area contributed by atoms with Crippen molar-refractivity contribution >= 4 is 29.0 Å². The fourth-order valence-electron chi connectivity index (χ4n) is 2.10. The topological polar surface area (TPSA) is 136 Å². The molecule has 12 heteroatoms. The maximum absolute atomic E-state index is 11.2. The van der Waals surface area contributed by atoms with Crippen LogP contribution in [-0.4, -0.2) is 65.6 Å². The molecule has 9 nitrogen and oxygen atoms in total. The number of hydrogen-bond donors (Lipinski definition) is 2. The Balaban J connectivity index is 4.93. The van der Waals surface area contributed by atoms with E-state index in [1.165, 1.54) is 0 Å². The molecule has 0 saturated heterocycles. The van der Waals surface area contributed by atoms with Crippen LogP contribution in [0.1, 0.15) is 33.6 Å². The predicted octanol–water partition coefficient (Wildman–Crippen LogP) is 0.959. The highest BCUT2D eigenvalue weighted by atomic mass is 32.2. The molecule has 0 spiro atoms. The molecule has 0 aliphatic carbocycles. The van der Waals surface area contributed by atoms with Crippen molar-refractivity contribution in [3.8, 4) is 0 Å². The maximum Gasteiger partial charge on any atom is 0.500 e. The van der Waals surface area contributed by atoms with Crippen LogP contribution in [0.25, 0.3) is 0 Å². The molecule has 0 aliphatic rings. The second-order valence-corrected chi connectivity index (χ2v) is 10.7. The Morgan fingerprint density at radius 1 is 0.913 bits per heavy atom. The van der Waals surface area contributed by atoms with Gasteiger partial charge in [0, 0.05) is 25.9 Å². The zero-order valence-electron chi connectivity index (χ0n) is 13.6. The van der Waals surface area contributed by atoms with Crippen LogP contribution < -0.4 is 0 Å². The molecule has 0 aliphatic heterocycles. The second kappa shape index (κ2) is 10.0. The molecular formula is C11H26O9S2Si. The van der Waals surface area contributed by atoms with E-state index in [1.807, 2.05) is 0 Å². The lowest BCUT2D eigenvalue weighted by Gasteiger charge is -2.28. The summed E-state index contributed by atoms with van der Waals surface area (Å²) in [6.07, 6.45) is 0.0345. The third-order valence-electron chi connectivity index (χ3n) is 2.92. The largest absolute Gasteiger partial charge is 0.500 e. The van der Waals surface area contributed by atoms with E-state index in [-0.39, 0.29) is 18.9 Å². The normalized spacial score (nSPS) is 14.8. The first-order chi connectivity index (χ1) is 10.5. The van der Waals surface area contributed by atoms with Gasteiger partial charge in [-0.3, -0.25) is 9.11 Å². The van der Waals surface area contributed by atoms with Gasteiger partial charge in [-0.25, -0.2) is 0 Å². The molecule has 1 atom stereocenters. The SMILES string of the molecule is CCO[Si](CCCC(CS(=O)(=O)O)S(=O)(=O)O)(OCC)OCC. The molecule has 0 fully saturated rings. The van der Waals surface area contributed by atoms with Crippen LogP contribution in [0.2, 0.25) is 6.04 Å². The summed E-state index contributed by atoms with van der Waals surface area (Å²) in [7, 11) is -12.1. The zero-order valence-corrected chi connectivity index (χ0v) is 16.2. The summed E-state index contributed by atoms with van der Waals surface area (Å²) in [5.41, 5.74) is 0. The van der Waals surface area contributed by atoms with Crippen LogP contribution in [-0.2, 0) is 33.5 Å². The molecule has 0 rings (SSSR count). The van der Waals surface area contributed by atoms with Gasteiger partial charge < -0.3 is 13.3 Å². The minimum absolute atomic E-state index is 0.166. The second-order valence-electron chi connectivity index (χ2n) is 4.76. The number of rotatable bonds is 13. The van der Waals surface area contributed by atoms with Gasteiger partial charge >= 0.3 is 8.80 Å². The van der Waals surface area contributed by atoms with Crippen molar-refractivity contribution in [2.24, 2.45) is 0 Å². The van der Waals surface area contributed by atoms with Gasteiger partial charge in [0.25, 0.3) is 20.2 Å². The minimum atomic E-state index is -4.60. The van der Waals surface area contributed by atoms with Gasteiger partial charge in [0.15, 0.2) is 0 Å². The van der Waals surface area contributed by atoms with Gasteiger partial charge in [-0.1, -0.05) is 0 Å². The average molecular weight is 395 g/mol. The summed E-state index contributed by atoms with van der Waals surface area (Å²) in [6.45, 7) is 6.41. The fourth-order valence-corrected chi connectivity index (χ4v) is 7.05. The van der Waals surface area contributed by atoms with E-state index in [9.17, 15) is 16.8 Å². The lowest BCUT2D eigenvalue weighted by molar-refractivity contribution is 0.0706. The summed E-state index contributed by atoms with van der Waals surface area (Å²) in [4.78, 5) is 0. The molecular weight excluding hydrogens is 368 g/mol. The van der Waals surface area contributed by atoms with Crippen LogP contribution in [0, 0.1) is 0 Å². The number of hydrogen-bond acceptors (Lipinski definition) is 7. The van der Waals surface area contributed by atoms with Gasteiger partial charge in [-0.2, -0.15) is 16.8 Å². The highest BCUT2D eigenvalue weighted by Crippen LogP contribution is 2.21. The quantitative estimate of drug-likeness (QED) is 0.345. The van der Waals surface area contributed by atoms with Crippen molar-refractivity contribution < 1.29 is 39.2 Å². The average Bonchev–Trinajstić information content (AvgIpc) is 2.36. The first kappa shape index (κ1) is 22.9. The lowest BCUT2D eigenvalue weighted by atomic mass is 10.3. The van der Waals surface area contributed by atoms with Crippen molar-refractivity contribution in [1.82, 2.24) is 0 Å². The van der Waals surface area contributed by atoms with E-state index < -0.39 is 40.0 Å². The first-order valence-corrected chi connectivity index (χ1v) is 12.4. The van der Waals surface area contributed by atoms with Crippen LogP contribution in [0.4, 0.5) is 0 Å². The van der Waals surface area contributed by atoms with Crippen molar-refractivity contribution in [1.29, 1.82) is 0 Å². The molecule has 0 aromatic rings. The smallest absolute Gasteiger partial charge is 0.374 e. The van der Waals surface area contributed by atoms with Crippen LogP contribution in [0.5, 0.6) is 0 Å². The highest BCUT2D eigenvalue weighted by Gasteiger charge is 2.40. The lowest BCUT2D eigenvalue weighted by Crippen LogP contribution is -2.46. The Hall–Kier alpha value is -0.0831. The third kappa shape index (κ3) is 9.71. The summed E-state index contributed by atoms with van der Waals surface area (Å²) >= 11 is 0. The van der Waals surface area contributed by atoms with E-state index in [4.69, 9.17) is 22.4 Å². The molecule has 0 aromatic heterocycles. The molecule has 0 amide bonds. The van der Waals surface area contributed by atoms with Crippen molar-refractivity contribution in [2.75, 3.05) is 25.6 Å². The van der Waals surface area contributed by atoms with Gasteiger partial charge in [-0.15, -0.1) is 0 Å². The zero-order chi connectivity index (χ0) is 18.1. The van der Waals surface area contributed by atoms with Gasteiger partial charge in [-0.05, 0) is 33.6 Å². The van der Waals surface area contributed by atoms with Gasteiger partial charge in [0.2, 0.25) is 0 Å². The van der Waals surface area contributed by atoms with Gasteiger partial charge in [0.05, 0.1) is 5.75 Å². The molecule has 0 saturated carbocycles. The maximum atomic E-state index is 11.2. The van der Waals surface area contributed by atoms with E-state index in [0.717, 1.165) is 0 Å². The molecule has 0 bridgehead atoms. The highest BCUT2D eigenvalue weighted by molar-refractivity contribution is 7.90. The van der Waals surface area contributed by atoms with Crippen LogP contribution in [0.3, 0.4) is 0 Å². The molecule has 0 heterocycles. The summed E-state index contributed by atoms with van der Waals surface area (Å²) in [6, 6.07) is 0.278. The molecule has 0 radical (unpaired) electrons. The van der Waals surface area contributed by atoms with E-state index >= 15 is 0 Å². The molecule has 2 N–H and O–H groups in total. The molecule has 0 aromatic carbocycles. The standard InChI is InChI=1S/C11H26O9S2Si/c1-4-18-23(19-5-2,20-6-3)9-7-8-11(22(15,16)17)10-21(12,13)14/h11H,4-10H2,1-3H3,(H,12,13,14)(H,15,16,17). The Morgan fingerprint density at radius 2 is 1.35 bits per heavy atom. The Kier molecular flexibility index (Phi) is 10.00. The van der Waals surface area contributed by atoms with Crippen molar-refractivity contribution in [3.63, 3.8) is 0 Å². The van der Waals surface area contributed by atoms with E-state index in [1.54, 1.807) is 20.8 Å².